The SMILES string of the molecule is COc1cccc(O)c1-n1c(NS(=O)(=O)[C@@H](C)[C@H](OC)c2ncc(C)cn2)nnc1-c1c#cc(Oc2ccccc2)cc1. The van der Waals surface area contributed by atoms with Crippen molar-refractivity contribution in [3.8, 4) is 40.1 Å². The van der Waals surface area contributed by atoms with Gasteiger partial charge in [0.15, 0.2) is 17.4 Å². The lowest BCUT2D eigenvalue weighted by Gasteiger charge is -2.22. The average Bonchev–Trinajstić information content (AvgIpc) is 3.41. The summed E-state index contributed by atoms with van der Waals surface area (Å²) in [7, 11) is -1.39. The molecule has 0 aliphatic heterocycles. The zero-order valence-electron chi connectivity index (χ0n) is 23.7. The fourth-order valence-electron chi connectivity index (χ4n) is 4.25. The first-order valence-electron chi connectivity index (χ1n) is 13.0. The van der Waals surface area contributed by atoms with Crippen LogP contribution in [0.5, 0.6) is 23.0 Å². The van der Waals surface area contributed by atoms with Gasteiger partial charge in [0.2, 0.25) is 16.0 Å². The number of nitrogens with one attached hydrogen (secondary N) is 1. The largest absolute Gasteiger partial charge is 0.506 e. The van der Waals surface area contributed by atoms with Gasteiger partial charge in [0, 0.05) is 19.5 Å². The fourth-order valence-corrected chi connectivity index (χ4v) is 5.38. The van der Waals surface area contributed by atoms with Crippen molar-refractivity contribution >= 4 is 16.0 Å². The number of hydrogen-bond donors (Lipinski definition) is 2. The van der Waals surface area contributed by atoms with E-state index in [0.717, 1.165) is 5.56 Å². The van der Waals surface area contributed by atoms with Crippen LogP contribution in [0.4, 0.5) is 5.95 Å². The second kappa shape index (κ2) is 12.4. The molecular formula is C30H28N6O6S. The number of aromatic nitrogens is 5. The first-order chi connectivity index (χ1) is 20.7. The van der Waals surface area contributed by atoms with Gasteiger partial charge in [-0.05, 0) is 61.9 Å². The first-order valence-corrected chi connectivity index (χ1v) is 14.6. The van der Waals surface area contributed by atoms with Crippen molar-refractivity contribution in [3.63, 3.8) is 0 Å². The van der Waals surface area contributed by atoms with Crippen LogP contribution in [0, 0.1) is 19.1 Å². The molecule has 0 aliphatic carbocycles. The summed E-state index contributed by atoms with van der Waals surface area (Å²) in [6.45, 7) is 3.29. The number of aromatic hydroxyl groups is 1. The molecule has 0 spiro atoms. The third-order valence-corrected chi connectivity index (χ3v) is 8.17. The molecular weight excluding hydrogens is 572 g/mol. The first kappa shape index (κ1) is 29.3. The quantitative estimate of drug-likeness (QED) is 0.219. The molecule has 0 bridgehead atoms. The molecule has 0 saturated carbocycles. The summed E-state index contributed by atoms with van der Waals surface area (Å²) in [6, 6.07) is 23.1. The average molecular weight is 601 g/mol. The highest BCUT2D eigenvalue weighted by atomic mass is 32.2. The molecule has 0 unspecified atom stereocenters. The maximum absolute atomic E-state index is 13.7. The van der Waals surface area contributed by atoms with Gasteiger partial charge in [-0.2, -0.15) is 0 Å². The number of phenols is 1. The van der Waals surface area contributed by atoms with Crippen LogP contribution in [0.1, 0.15) is 24.4 Å². The summed E-state index contributed by atoms with van der Waals surface area (Å²) in [4.78, 5) is 8.48. The van der Waals surface area contributed by atoms with Gasteiger partial charge < -0.3 is 19.3 Å². The molecule has 0 radical (unpaired) electrons. The van der Waals surface area contributed by atoms with E-state index in [0.29, 0.717) is 17.1 Å². The second-order valence-electron chi connectivity index (χ2n) is 9.41. The minimum absolute atomic E-state index is 0.110. The van der Waals surface area contributed by atoms with Crippen LogP contribution in [0.3, 0.4) is 0 Å². The monoisotopic (exact) mass is 600 g/mol. The number of phenolic OH excluding ortho intramolecular Hbond substituents is 1. The van der Waals surface area contributed by atoms with Crippen LogP contribution in [-0.4, -0.2) is 57.7 Å². The lowest BCUT2D eigenvalue weighted by molar-refractivity contribution is 0.0949. The highest BCUT2D eigenvalue weighted by molar-refractivity contribution is 7.93. The van der Waals surface area contributed by atoms with Crippen molar-refractivity contribution in [1.82, 2.24) is 24.7 Å². The van der Waals surface area contributed by atoms with E-state index in [1.54, 1.807) is 48.8 Å². The predicted octanol–water partition coefficient (Wildman–Crippen LogP) is 4.66. The van der Waals surface area contributed by atoms with Crippen LogP contribution in [0.25, 0.3) is 17.1 Å². The molecule has 5 rings (SSSR count). The van der Waals surface area contributed by atoms with E-state index in [1.165, 1.54) is 31.8 Å². The van der Waals surface area contributed by atoms with E-state index < -0.39 is 21.4 Å². The number of rotatable bonds is 11. The van der Waals surface area contributed by atoms with E-state index in [-0.39, 0.29) is 34.8 Å². The summed E-state index contributed by atoms with van der Waals surface area (Å²) in [5, 5.41) is 18.1. The van der Waals surface area contributed by atoms with Crippen LogP contribution in [-0.2, 0) is 14.8 Å². The minimum atomic E-state index is -4.19. The zero-order chi connectivity index (χ0) is 30.6. The number of anilines is 1. The Morgan fingerprint density at radius 3 is 2.35 bits per heavy atom. The standard InChI is InChI=1S/C30H28N6O6S/c1-19-17-31-28(32-18-19)27(41-4)20(2)43(38,39)35-30-34-33-29(36(30)26-24(37)11-8-12-25(26)40-3)21-13-15-23(16-14-21)42-22-9-6-5-7-10-22/h5-13,15,17-18,20,27,37H,1-4H3,(H,34,35)/t20-,27-/m0/s1. The smallest absolute Gasteiger partial charge is 0.243 e. The molecule has 0 saturated heterocycles. The van der Waals surface area contributed by atoms with Gasteiger partial charge in [-0.15, -0.1) is 10.2 Å². The Morgan fingerprint density at radius 2 is 1.70 bits per heavy atom. The van der Waals surface area contributed by atoms with Crippen molar-refractivity contribution in [3.05, 3.63) is 96.6 Å². The molecule has 0 fully saturated rings. The number of ether oxygens (including phenoxy) is 3. The van der Waals surface area contributed by atoms with Gasteiger partial charge in [-0.25, -0.2) is 18.4 Å². The maximum Gasteiger partial charge on any atom is 0.243 e. The molecule has 5 aromatic rings. The number of nitrogens with zero attached hydrogens (tertiary/aromatic N) is 5. The summed E-state index contributed by atoms with van der Waals surface area (Å²) in [5.41, 5.74) is 1.32. The van der Waals surface area contributed by atoms with Crippen LogP contribution in [0.2, 0.25) is 0 Å². The summed E-state index contributed by atoms with van der Waals surface area (Å²) >= 11 is 0. The third-order valence-electron chi connectivity index (χ3n) is 6.48. The molecule has 0 amide bonds. The van der Waals surface area contributed by atoms with Gasteiger partial charge in [0.25, 0.3) is 0 Å². The van der Waals surface area contributed by atoms with E-state index in [4.69, 9.17) is 14.2 Å². The number of aryl methyl sites for hydroxylation is 1. The molecule has 13 heteroatoms. The second-order valence-corrected chi connectivity index (χ2v) is 11.5. The molecule has 2 atom stereocenters. The summed E-state index contributed by atoms with van der Waals surface area (Å²) < 4.78 is 48.0. The molecule has 2 N–H and O–H groups in total. The van der Waals surface area contributed by atoms with Gasteiger partial charge in [0.05, 0.1) is 12.7 Å². The molecule has 220 valence electrons. The lowest BCUT2D eigenvalue weighted by atomic mass is 10.2. The van der Waals surface area contributed by atoms with E-state index >= 15 is 0 Å². The molecule has 2 aromatic heterocycles. The Bertz CT molecular complexity index is 1800. The number of methoxy groups -OCH3 is 2. The topological polar surface area (TPSA) is 151 Å². The van der Waals surface area contributed by atoms with Crippen LogP contribution in [0.15, 0.2) is 73.1 Å². The number of hydrogen-bond acceptors (Lipinski definition) is 10. The Morgan fingerprint density at radius 1 is 0.953 bits per heavy atom. The Balaban J connectivity index is 1.54. The normalized spacial score (nSPS) is 12.7. The highest BCUT2D eigenvalue weighted by Gasteiger charge is 2.35. The minimum Gasteiger partial charge on any atom is -0.506 e. The molecule has 12 nitrogen and oxygen atoms in total. The van der Waals surface area contributed by atoms with Crippen molar-refractivity contribution in [2.24, 2.45) is 0 Å². The van der Waals surface area contributed by atoms with Crippen LogP contribution < -0.4 is 14.2 Å². The Labute approximate surface area is 249 Å². The van der Waals surface area contributed by atoms with Gasteiger partial charge in [-0.3, -0.25) is 9.29 Å². The maximum atomic E-state index is 13.7. The predicted molar refractivity (Wildman–Crippen MR) is 158 cm³/mol. The van der Waals surface area contributed by atoms with E-state index in [2.05, 4.69) is 37.0 Å². The Kier molecular flexibility index (Phi) is 8.42. The number of benzene rings is 2. The zero-order valence-corrected chi connectivity index (χ0v) is 24.5. The van der Waals surface area contributed by atoms with Crippen molar-refractivity contribution in [2.45, 2.75) is 25.2 Å². The van der Waals surface area contributed by atoms with Crippen molar-refractivity contribution in [1.29, 1.82) is 0 Å². The van der Waals surface area contributed by atoms with Crippen molar-refractivity contribution < 1.29 is 27.7 Å². The van der Waals surface area contributed by atoms with Gasteiger partial charge >= 0.3 is 0 Å². The van der Waals surface area contributed by atoms with Crippen LogP contribution >= 0.6 is 0 Å². The number of sulfonamides is 1. The third kappa shape index (κ3) is 6.20. The van der Waals surface area contributed by atoms with E-state index in [1.807, 2.05) is 25.1 Å². The summed E-state index contributed by atoms with van der Waals surface area (Å²) in [5.74, 6) is 1.21. The van der Waals surface area contributed by atoms with Gasteiger partial charge in [0.1, 0.15) is 34.3 Å². The van der Waals surface area contributed by atoms with Gasteiger partial charge in [-0.1, -0.05) is 30.3 Å². The van der Waals surface area contributed by atoms with Crippen molar-refractivity contribution in [2.75, 3.05) is 18.9 Å². The summed E-state index contributed by atoms with van der Waals surface area (Å²) in [6.07, 6.45) is 2.17. The fraction of sp³-hybridized carbons (Fsp3) is 0.200. The highest BCUT2D eigenvalue weighted by Crippen LogP contribution is 2.37. The number of para-hydroxylation sites is 2. The molecule has 3 aromatic carbocycles. The molecule has 2 heterocycles. The van der Waals surface area contributed by atoms with E-state index in [9.17, 15) is 13.5 Å². The lowest BCUT2D eigenvalue weighted by Crippen LogP contribution is -2.33. The molecule has 0 aliphatic rings. The Hall–Kier alpha value is -5.19. The molecule has 43 heavy (non-hydrogen) atoms.